The van der Waals surface area contributed by atoms with Gasteiger partial charge in [0.1, 0.15) is 73.2 Å². The minimum atomic E-state index is -1.98. The highest BCUT2D eigenvalue weighted by Crippen LogP contribution is 2.33. The van der Waals surface area contributed by atoms with Crippen molar-refractivity contribution < 1.29 is 89.4 Å². The molecule has 0 aromatic carbocycles. The smallest absolute Gasteiger partial charge is 0.220 e. The van der Waals surface area contributed by atoms with Crippen LogP contribution < -0.4 is 5.32 Å². The van der Waals surface area contributed by atoms with Crippen molar-refractivity contribution in [1.29, 1.82) is 0 Å². The van der Waals surface area contributed by atoms with Crippen molar-refractivity contribution in [1.82, 2.24) is 5.32 Å². The van der Waals surface area contributed by atoms with Crippen LogP contribution in [0, 0.1) is 0 Å². The molecule has 0 spiro atoms. The molecule has 3 aliphatic rings. The van der Waals surface area contributed by atoms with Gasteiger partial charge < -0.3 is 89.9 Å². The number of ether oxygens (including phenoxy) is 6. The summed E-state index contributed by atoms with van der Waals surface area (Å²) in [6.45, 7) is 1.59. The topological polar surface area (TPSA) is 307 Å². The maximum atomic E-state index is 13.3. The Balaban J connectivity index is 1.40. The zero-order valence-electron chi connectivity index (χ0n) is 51.6. The first-order valence-corrected chi connectivity index (χ1v) is 32.7. The fourth-order valence-electron chi connectivity index (χ4n) is 10.6. The molecule has 0 bridgehead atoms. The number of hydrogen-bond acceptors (Lipinski definition) is 18. The van der Waals surface area contributed by atoms with Gasteiger partial charge in [0.25, 0.3) is 0 Å². The number of carbonyl (C=O) groups is 1. The number of carbonyl (C=O) groups excluding carboxylic acids is 1. The van der Waals surface area contributed by atoms with Crippen LogP contribution in [-0.4, -0.2) is 193 Å². The zero-order chi connectivity index (χ0) is 61.9. The molecule has 3 heterocycles. The minimum Gasteiger partial charge on any atom is -0.394 e. The van der Waals surface area contributed by atoms with Gasteiger partial charge in [-0.2, -0.15) is 0 Å². The lowest BCUT2D eigenvalue weighted by Crippen LogP contribution is -2.66. The fraction of sp³-hybridized carbons (Fsp3) is 0.803. The van der Waals surface area contributed by atoms with E-state index in [1.165, 1.54) is 109 Å². The number of aliphatic hydroxyl groups excluding tert-OH is 11. The highest BCUT2D eigenvalue weighted by Gasteiger charge is 2.53. The maximum absolute atomic E-state index is 13.3. The van der Waals surface area contributed by atoms with Gasteiger partial charge in [-0.1, -0.05) is 196 Å². The molecule has 17 unspecified atom stereocenters. The Morgan fingerprint density at radius 3 is 1.29 bits per heavy atom. The van der Waals surface area contributed by atoms with Crippen molar-refractivity contribution in [2.75, 3.05) is 26.4 Å². The molecule has 3 fully saturated rings. The molecule has 0 saturated carbocycles. The third-order valence-electron chi connectivity index (χ3n) is 15.9. The summed E-state index contributed by atoms with van der Waals surface area (Å²) in [7, 11) is 0. The molecule has 3 rings (SSSR count). The van der Waals surface area contributed by atoms with Gasteiger partial charge in [-0.15, -0.1) is 0 Å². The van der Waals surface area contributed by atoms with Gasteiger partial charge in [-0.25, -0.2) is 0 Å². The second kappa shape index (κ2) is 48.1. The number of rotatable bonds is 48. The average Bonchev–Trinajstić information content (AvgIpc) is 3.70. The molecule has 492 valence electrons. The number of hydrogen-bond donors (Lipinski definition) is 12. The first-order chi connectivity index (χ1) is 41.3. The maximum Gasteiger partial charge on any atom is 0.220 e. The summed E-state index contributed by atoms with van der Waals surface area (Å²) in [5.74, 6) is -0.295. The van der Waals surface area contributed by atoms with Crippen molar-refractivity contribution in [3.63, 3.8) is 0 Å². The van der Waals surface area contributed by atoms with Crippen molar-refractivity contribution in [2.24, 2.45) is 0 Å². The fourth-order valence-corrected chi connectivity index (χ4v) is 10.6. The molecule has 19 heteroatoms. The summed E-state index contributed by atoms with van der Waals surface area (Å²) in [6, 6.07) is -0.998. The van der Waals surface area contributed by atoms with Crippen LogP contribution in [0.1, 0.15) is 206 Å². The Morgan fingerprint density at radius 1 is 0.424 bits per heavy atom. The molecule has 19 nitrogen and oxygen atoms in total. The van der Waals surface area contributed by atoms with Crippen LogP contribution in [0.4, 0.5) is 0 Å². The lowest BCUT2D eigenvalue weighted by Gasteiger charge is -2.48. The van der Waals surface area contributed by atoms with Crippen LogP contribution in [0.25, 0.3) is 0 Å². The van der Waals surface area contributed by atoms with E-state index in [0.29, 0.717) is 12.8 Å². The summed E-state index contributed by atoms with van der Waals surface area (Å²) in [4.78, 5) is 13.3. The average molecular weight is 1210 g/mol. The van der Waals surface area contributed by atoms with E-state index in [1.807, 2.05) is 6.08 Å². The van der Waals surface area contributed by atoms with E-state index >= 15 is 0 Å². The number of aliphatic hydroxyl groups is 11. The van der Waals surface area contributed by atoms with Gasteiger partial charge in [-0.05, 0) is 77.0 Å². The molecule has 3 saturated heterocycles. The monoisotopic (exact) mass is 1210 g/mol. The Bertz CT molecular complexity index is 1830. The SMILES string of the molecule is CCC/C=C/CC/C=C/CC/C=C/C(O)C(COC1OC(CO)C(OC2OC(CO)C(OC3OC(CO)C(O)C(O)C3O)C(O)C2O)C(O)C1O)NC(=O)CCCCCCCCCCCCCCCC/C=C\C/C=C\C/C=C\CCCCCCC. The van der Waals surface area contributed by atoms with Crippen molar-refractivity contribution >= 4 is 5.91 Å². The molecule has 3 aliphatic heterocycles. The van der Waals surface area contributed by atoms with E-state index in [-0.39, 0.29) is 18.9 Å². The van der Waals surface area contributed by atoms with Gasteiger partial charge in [0.15, 0.2) is 18.9 Å². The summed E-state index contributed by atoms with van der Waals surface area (Å²) in [5, 5.41) is 120. The molecule has 0 aromatic heterocycles. The van der Waals surface area contributed by atoms with Gasteiger partial charge in [0.05, 0.1) is 38.6 Å². The van der Waals surface area contributed by atoms with Crippen molar-refractivity contribution in [3.05, 3.63) is 72.9 Å². The quantitative estimate of drug-likeness (QED) is 0.0209. The number of unbranched alkanes of at least 4 members (excludes halogenated alkanes) is 22. The molecular formula is C66H115NO18. The number of allylic oxidation sites excluding steroid dienone is 11. The molecule has 12 N–H and O–H groups in total. The first kappa shape index (κ1) is 76.5. The Labute approximate surface area is 508 Å². The third-order valence-corrected chi connectivity index (χ3v) is 15.9. The van der Waals surface area contributed by atoms with E-state index in [4.69, 9.17) is 28.4 Å². The second-order valence-electron chi connectivity index (χ2n) is 23.2. The lowest BCUT2D eigenvalue weighted by molar-refractivity contribution is -0.379. The summed E-state index contributed by atoms with van der Waals surface area (Å²) in [5.41, 5.74) is 0. The van der Waals surface area contributed by atoms with Crippen LogP contribution in [0.5, 0.6) is 0 Å². The molecular weight excluding hydrogens is 1090 g/mol. The highest BCUT2D eigenvalue weighted by molar-refractivity contribution is 5.76. The number of nitrogens with one attached hydrogen (secondary N) is 1. The van der Waals surface area contributed by atoms with E-state index in [0.717, 1.165) is 64.2 Å². The van der Waals surface area contributed by atoms with Gasteiger partial charge in [0.2, 0.25) is 5.91 Å². The first-order valence-electron chi connectivity index (χ1n) is 32.7. The van der Waals surface area contributed by atoms with Gasteiger partial charge in [0, 0.05) is 6.42 Å². The Morgan fingerprint density at radius 2 is 0.812 bits per heavy atom. The van der Waals surface area contributed by atoms with Crippen LogP contribution in [0.2, 0.25) is 0 Å². The van der Waals surface area contributed by atoms with E-state index in [2.05, 4.69) is 79.9 Å². The van der Waals surface area contributed by atoms with E-state index < -0.39 is 124 Å². The van der Waals surface area contributed by atoms with Crippen LogP contribution >= 0.6 is 0 Å². The molecule has 0 aromatic rings. The number of amides is 1. The Hall–Kier alpha value is -2.77. The minimum absolute atomic E-state index is 0.228. The van der Waals surface area contributed by atoms with E-state index in [9.17, 15) is 61.0 Å². The van der Waals surface area contributed by atoms with Crippen LogP contribution in [0.3, 0.4) is 0 Å². The molecule has 1 amide bonds. The summed E-state index contributed by atoms with van der Waals surface area (Å²) < 4.78 is 34.2. The van der Waals surface area contributed by atoms with Crippen LogP contribution in [-0.2, 0) is 33.2 Å². The molecule has 0 aliphatic carbocycles. The van der Waals surface area contributed by atoms with Crippen LogP contribution in [0.15, 0.2) is 72.9 Å². The normalized spacial score (nSPS) is 29.4. The largest absolute Gasteiger partial charge is 0.394 e. The molecule has 85 heavy (non-hydrogen) atoms. The summed E-state index contributed by atoms with van der Waals surface area (Å²) >= 11 is 0. The van der Waals surface area contributed by atoms with Crippen molar-refractivity contribution in [3.8, 4) is 0 Å². The summed E-state index contributed by atoms with van der Waals surface area (Å²) in [6.07, 6.45) is 31.9. The lowest BCUT2D eigenvalue weighted by atomic mass is 9.96. The third kappa shape index (κ3) is 31.0. The van der Waals surface area contributed by atoms with Crippen molar-refractivity contribution in [2.45, 2.75) is 311 Å². The highest BCUT2D eigenvalue weighted by atomic mass is 16.8. The predicted octanol–water partition coefficient (Wildman–Crippen LogP) is 7.38. The predicted molar refractivity (Wildman–Crippen MR) is 328 cm³/mol. The van der Waals surface area contributed by atoms with Gasteiger partial charge >= 0.3 is 0 Å². The standard InChI is InChI=1S/C66H115NO18/c1-3-5-7-9-11-13-15-16-17-18-19-20-21-22-23-24-25-26-27-28-29-30-31-32-34-36-38-40-42-44-54(72)67-49(50(71)43-41-39-37-35-33-14-12-10-8-6-4-2)48-80-64-60(78)57(75)62(52(46-69)82-64)85-66-61(79)58(76)63(53(47-70)83-66)84-65-59(77)56(74)55(73)51(45-68)81-65/h8,10,15-16,18-19,21-22,33,35,41,43,49-53,55-66,68-71,73-79H,3-7,9,11-14,17,20,23-32,34,36-40,42,44-48H2,1-2H3,(H,67,72)/b10-8+,16-15-,19-18-,22-21-,35-33+,43-41+. The zero-order valence-corrected chi connectivity index (χ0v) is 51.6. The molecule has 17 atom stereocenters. The molecule has 0 radical (unpaired) electrons. The van der Waals surface area contributed by atoms with Gasteiger partial charge in [-0.3, -0.25) is 4.79 Å². The second-order valence-corrected chi connectivity index (χ2v) is 23.2. The van der Waals surface area contributed by atoms with E-state index in [1.54, 1.807) is 6.08 Å². The Kier molecular flexibility index (Phi) is 43.3.